The Bertz CT molecular complexity index is 580. The van der Waals surface area contributed by atoms with Crippen molar-refractivity contribution in [3.8, 4) is 0 Å². The molecule has 2 aliphatic carbocycles. The fraction of sp³-hybridized carbons (Fsp3) is 0.438. The van der Waals surface area contributed by atoms with Gasteiger partial charge in [0.15, 0.2) is 0 Å². The number of nitro benzene ring substituents is 1. The molecule has 5 nitrogen and oxygen atoms in total. The monoisotopic (exact) mass is 286 g/mol. The van der Waals surface area contributed by atoms with Crippen LogP contribution in [0.5, 0.6) is 0 Å². The highest BCUT2D eigenvalue weighted by Crippen LogP contribution is 2.44. The lowest BCUT2D eigenvalue weighted by molar-refractivity contribution is -0.384. The molecule has 1 saturated carbocycles. The van der Waals surface area contributed by atoms with E-state index in [1.54, 1.807) is 0 Å². The third kappa shape index (κ3) is 2.96. The third-order valence-corrected chi connectivity index (χ3v) is 4.56. The minimum absolute atomic E-state index is 0.000294. The molecule has 5 heteroatoms. The zero-order valence-electron chi connectivity index (χ0n) is 11.7. The van der Waals surface area contributed by atoms with Gasteiger partial charge in [-0.2, -0.15) is 0 Å². The molecule has 1 amide bonds. The molecular weight excluding hydrogens is 268 g/mol. The van der Waals surface area contributed by atoms with E-state index in [0.29, 0.717) is 23.9 Å². The summed E-state index contributed by atoms with van der Waals surface area (Å²) in [5.74, 6) is 1.98. The maximum absolute atomic E-state index is 12.0. The highest BCUT2D eigenvalue weighted by molar-refractivity contribution is 5.94. The quantitative estimate of drug-likeness (QED) is 0.514. The van der Waals surface area contributed by atoms with Crippen LogP contribution in [0, 0.1) is 27.9 Å². The van der Waals surface area contributed by atoms with E-state index in [4.69, 9.17) is 0 Å². The van der Waals surface area contributed by atoms with E-state index in [0.717, 1.165) is 12.3 Å². The molecule has 0 spiro atoms. The molecule has 2 bridgehead atoms. The maximum atomic E-state index is 12.0. The molecule has 0 aromatic heterocycles. The summed E-state index contributed by atoms with van der Waals surface area (Å²) in [5.41, 5.74) is 0.466. The molecule has 3 unspecified atom stereocenters. The van der Waals surface area contributed by atoms with Crippen LogP contribution in [0.25, 0.3) is 0 Å². The minimum Gasteiger partial charge on any atom is -0.352 e. The number of carbonyl (C=O) groups excluding carboxylic acids is 1. The Morgan fingerprint density at radius 3 is 2.57 bits per heavy atom. The van der Waals surface area contributed by atoms with Crippen LogP contribution in [-0.4, -0.2) is 17.4 Å². The summed E-state index contributed by atoms with van der Waals surface area (Å²) in [4.78, 5) is 22.1. The van der Waals surface area contributed by atoms with Crippen molar-refractivity contribution in [2.24, 2.45) is 17.8 Å². The first-order valence-corrected chi connectivity index (χ1v) is 7.34. The SMILES string of the molecule is O=C(NCCC1CC2C=CC1C2)c1ccc([N+](=O)[O-])cc1. The standard InChI is InChI=1S/C16H18N2O3/c19-16(12-3-5-15(6-4-12)18(20)21)17-8-7-14-10-11-1-2-13(14)9-11/h1-6,11,13-14H,7-10H2,(H,17,19). The molecule has 0 aliphatic heterocycles. The number of nitro groups is 1. The Labute approximate surface area is 123 Å². The largest absolute Gasteiger partial charge is 0.352 e. The van der Waals surface area contributed by atoms with Gasteiger partial charge in [0, 0.05) is 24.2 Å². The number of amides is 1. The Morgan fingerprint density at radius 1 is 1.24 bits per heavy atom. The summed E-state index contributed by atoms with van der Waals surface area (Å²) in [5, 5.41) is 13.5. The smallest absolute Gasteiger partial charge is 0.269 e. The van der Waals surface area contributed by atoms with Crippen LogP contribution in [0.1, 0.15) is 29.6 Å². The predicted octanol–water partition coefficient (Wildman–Crippen LogP) is 2.93. The van der Waals surface area contributed by atoms with Crippen LogP contribution in [0.2, 0.25) is 0 Å². The molecule has 21 heavy (non-hydrogen) atoms. The number of benzene rings is 1. The Kier molecular flexibility index (Phi) is 3.73. The first-order chi connectivity index (χ1) is 10.1. The Hall–Kier alpha value is -2.17. The van der Waals surface area contributed by atoms with E-state index >= 15 is 0 Å². The first-order valence-electron chi connectivity index (χ1n) is 7.34. The number of allylic oxidation sites excluding steroid dienone is 2. The average molecular weight is 286 g/mol. The summed E-state index contributed by atoms with van der Waals surface area (Å²) >= 11 is 0. The van der Waals surface area contributed by atoms with E-state index < -0.39 is 4.92 Å². The number of nitrogens with zero attached hydrogens (tertiary/aromatic N) is 1. The van der Waals surface area contributed by atoms with Gasteiger partial charge in [0.05, 0.1) is 4.92 Å². The third-order valence-electron chi connectivity index (χ3n) is 4.56. The Balaban J connectivity index is 1.48. The normalized spacial score (nSPS) is 26.0. The average Bonchev–Trinajstić information content (AvgIpc) is 3.10. The van der Waals surface area contributed by atoms with Crippen LogP contribution < -0.4 is 5.32 Å². The number of carbonyl (C=O) groups is 1. The number of fused-ring (bicyclic) bond motifs is 2. The van der Waals surface area contributed by atoms with Crippen LogP contribution >= 0.6 is 0 Å². The molecule has 1 N–H and O–H groups in total. The maximum Gasteiger partial charge on any atom is 0.269 e. The summed E-state index contributed by atoms with van der Waals surface area (Å²) in [6, 6.07) is 5.70. The lowest BCUT2D eigenvalue weighted by Gasteiger charge is -2.17. The second kappa shape index (κ2) is 5.68. The summed E-state index contributed by atoms with van der Waals surface area (Å²) in [7, 11) is 0. The van der Waals surface area contributed by atoms with Gasteiger partial charge in [0.2, 0.25) is 0 Å². The zero-order chi connectivity index (χ0) is 14.8. The molecule has 3 atom stereocenters. The number of rotatable bonds is 5. The van der Waals surface area contributed by atoms with E-state index in [-0.39, 0.29) is 11.6 Å². The van der Waals surface area contributed by atoms with Crippen LogP contribution in [-0.2, 0) is 0 Å². The summed E-state index contributed by atoms with van der Waals surface area (Å²) in [6.45, 7) is 0.664. The van der Waals surface area contributed by atoms with Gasteiger partial charge in [0.1, 0.15) is 0 Å². The first kappa shape index (κ1) is 13.8. The fourth-order valence-electron chi connectivity index (χ4n) is 3.43. The molecule has 1 aromatic carbocycles. The molecule has 0 saturated heterocycles. The van der Waals surface area contributed by atoms with Gasteiger partial charge in [-0.25, -0.2) is 0 Å². The summed E-state index contributed by atoms with van der Waals surface area (Å²) < 4.78 is 0. The number of hydrogen-bond donors (Lipinski definition) is 1. The molecular formula is C16H18N2O3. The molecule has 0 heterocycles. The predicted molar refractivity (Wildman–Crippen MR) is 78.9 cm³/mol. The Morgan fingerprint density at radius 2 is 2.00 bits per heavy atom. The van der Waals surface area contributed by atoms with E-state index in [9.17, 15) is 14.9 Å². The molecule has 0 radical (unpaired) electrons. The van der Waals surface area contributed by atoms with Gasteiger partial charge in [-0.05, 0) is 49.1 Å². The molecule has 1 fully saturated rings. The number of hydrogen-bond acceptors (Lipinski definition) is 3. The highest BCUT2D eigenvalue weighted by Gasteiger charge is 2.34. The van der Waals surface area contributed by atoms with Crippen molar-refractivity contribution in [3.05, 3.63) is 52.1 Å². The van der Waals surface area contributed by atoms with Crippen molar-refractivity contribution in [2.75, 3.05) is 6.54 Å². The van der Waals surface area contributed by atoms with Gasteiger partial charge in [0.25, 0.3) is 11.6 Å². The van der Waals surface area contributed by atoms with E-state index in [1.165, 1.54) is 37.1 Å². The molecule has 110 valence electrons. The van der Waals surface area contributed by atoms with E-state index in [2.05, 4.69) is 17.5 Å². The molecule has 2 aliphatic rings. The summed E-state index contributed by atoms with van der Waals surface area (Å²) in [6.07, 6.45) is 8.16. The molecule has 3 rings (SSSR count). The topological polar surface area (TPSA) is 72.2 Å². The lowest BCUT2D eigenvalue weighted by atomic mass is 9.90. The number of nitrogens with one attached hydrogen (secondary N) is 1. The van der Waals surface area contributed by atoms with Gasteiger partial charge in [-0.15, -0.1) is 0 Å². The van der Waals surface area contributed by atoms with Crippen LogP contribution in [0.3, 0.4) is 0 Å². The van der Waals surface area contributed by atoms with Crippen molar-refractivity contribution < 1.29 is 9.72 Å². The van der Waals surface area contributed by atoms with Crippen molar-refractivity contribution in [2.45, 2.75) is 19.3 Å². The van der Waals surface area contributed by atoms with Crippen molar-refractivity contribution >= 4 is 11.6 Å². The second-order valence-corrected chi connectivity index (χ2v) is 5.89. The van der Waals surface area contributed by atoms with Crippen molar-refractivity contribution in [1.82, 2.24) is 5.32 Å². The fourth-order valence-corrected chi connectivity index (χ4v) is 3.43. The van der Waals surface area contributed by atoms with Crippen LogP contribution in [0.15, 0.2) is 36.4 Å². The van der Waals surface area contributed by atoms with E-state index in [1.807, 2.05) is 0 Å². The van der Waals surface area contributed by atoms with Gasteiger partial charge in [-0.1, -0.05) is 12.2 Å². The zero-order valence-corrected chi connectivity index (χ0v) is 11.7. The van der Waals surface area contributed by atoms with Gasteiger partial charge < -0.3 is 5.32 Å². The second-order valence-electron chi connectivity index (χ2n) is 5.89. The van der Waals surface area contributed by atoms with Gasteiger partial charge >= 0.3 is 0 Å². The minimum atomic E-state index is -0.468. The van der Waals surface area contributed by atoms with Crippen molar-refractivity contribution in [3.63, 3.8) is 0 Å². The lowest BCUT2D eigenvalue weighted by Crippen LogP contribution is -2.26. The highest BCUT2D eigenvalue weighted by atomic mass is 16.6. The van der Waals surface area contributed by atoms with Crippen molar-refractivity contribution in [1.29, 1.82) is 0 Å². The molecule has 1 aromatic rings. The van der Waals surface area contributed by atoms with Gasteiger partial charge in [-0.3, -0.25) is 14.9 Å². The van der Waals surface area contributed by atoms with Crippen LogP contribution in [0.4, 0.5) is 5.69 Å². The number of non-ortho nitro benzene ring substituents is 1.